The van der Waals surface area contributed by atoms with Crippen molar-refractivity contribution in [3.05, 3.63) is 57.9 Å². The molecule has 0 saturated carbocycles. The van der Waals surface area contributed by atoms with Gasteiger partial charge in [-0.2, -0.15) is 5.26 Å². The van der Waals surface area contributed by atoms with E-state index in [0.717, 1.165) is 0 Å². The second-order valence-corrected chi connectivity index (χ2v) is 4.84. The largest absolute Gasteiger partial charge is 0.453 e. The molecule has 0 saturated heterocycles. The second-order valence-electron chi connectivity index (χ2n) is 4.43. The smallest absolute Gasteiger partial charge is 0.181 e. The van der Waals surface area contributed by atoms with Crippen LogP contribution in [0, 0.1) is 17.1 Å². The van der Waals surface area contributed by atoms with E-state index in [-0.39, 0.29) is 39.6 Å². The highest BCUT2D eigenvalue weighted by Crippen LogP contribution is 2.34. The standard InChI is InChI=1S/C16H10ClF2NO2/c17-14-2-1-12(3-4-21)15(19)16(14)22-13-6-10(8-18)5-11(7-13)9-20/h1-2,4-7H,3,8H2. The summed E-state index contributed by atoms with van der Waals surface area (Å²) in [6.45, 7) is -0.784. The molecule has 0 spiro atoms. The van der Waals surface area contributed by atoms with Gasteiger partial charge in [0, 0.05) is 6.42 Å². The summed E-state index contributed by atoms with van der Waals surface area (Å²) in [7, 11) is 0. The van der Waals surface area contributed by atoms with Gasteiger partial charge in [-0.1, -0.05) is 17.7 Å². The average molecular weight is 322 g/mol. The number of nitriles is 1. The van der Waals surface area contributed by atoms with E-state index >= 15 is 0 Å². The molecule has 0 amide bonds. The van der Waals surface area contributed by atoms with Crippen LogP contribution in [0.1, 0.15) is 16.7 Å². The molecule has 112 valence electrons. The lowest BCUT2D eigenvalue weighted by atomic mass is 10.1. The lowest BCUT2D eigenvalue weighted by molar-refractivity contribution is -0.107. The van der Waals surface area contributed by atoms with Crippen molar-refractivity contribution in [3.8, 4) is 17.6 Å². The van der Waals surface area contributed by atoms with Gasteiger partial charge in [-0.3, -0.25) is 0 Å². The molecule has 0 radical (unpaired) electrons. The van der Waals surface area contributed by atoms with Crippen molar-refractivity contribution in [3.63, 3.8) is 0 Å². The van der Waals surface area contributed by atoms with Crippen molar-refractivity contribution in [2.75, 3.05) is 0 Å². The summed E-state index contributed by atoms with van der Waals surface area (Å²) in [5, 5.41) is 8.91. The Morgan fingerprint density at radius 2 is 2.09 bits per heavy atom. The number of hydrogen-bond donors (Lipinski definition) is 0. The first-order valence-corrected chi connectivity index (χ1v) is 6.65. The minimum Gasteiger partial charge on any atom is -0.453 e. The normalized spacial score (nSPS) is 10.1. The maximum Gasteiger partial charge on any atom is 0.181 e. The van der Waals surface area contributed by atoms with Crippen LogP contribution in [0.4, 0.5) is 8.78 Å². The van der Waals surface area contributed by atoms with Gasteiger partial charge in [-0.25, -0.2) is 8.78 Å². The number of benzene rings is 2. The molecule has 0 aliphatic rings. The maximum atomic E-state index is 14.3. The maximum absolute atomic E-state index is 14.3. The molecule has 22 heavy (non-hydrogen) atoms. The molecule has 0 atom stereocenters. The molecule has 0 unspecified atom stereocenters. The number of nitrogens with zero attached hydrogens (tertiary/aromatic N) is 1. The van der Waals surface area contributed by atoms with Gasteiger partial charge in [0.05, 0.1) is 16.7 Å². The van der Waals surface area contributed by atoms with E-state index in [1.807, 2.05) is 6.07 Å². The highest BCUT2D eigenvalue weighted by molar-refractivity contribution is 6.32. The zero-order chi connectivity index (χ0) is 16.1. The third-order valence-corrected chi connectivity index (χ3v) is 3.20. The van der Waals surface area contributed by atoms with Crippen LogP contribution in [-0.4, -0.2) is 6.29 Å². The first-order chi connectivity index (χ1) is 10.6. The van der Waals surface area contributed by atoms with Gasteiger partial charge in [0.2, 0.25) is 0 Å². The number of carbonyl (C=O) groups excluding carboxylic acids is 1. The topological polar surface area (TPSA) is 50.1 Å². The molecule has 0 N–H and O–H groups in total. The summed E-state index contributed by atoms with van der Waals surface area (Å²) in [5.74, 6) is -0.930. The van der Waals surface area contributed by atoms with Gasteiger partial charge >= 0.3 is 0 Å². The van der Waals surface area contributed by atoms with Crippen molar-refractivity contribution in [2.24, 2.45) is 0 Å². The molecular formula is C16H10ClF2NO2. The van der Waals surface area contributed by atoms with Crippen molar-refractivity contribution in [1.82, 2.24) is 0 Å². The minimum absolute atomic E-state index is 0.0105. The van der Waals surface area contributed by atoms with Gasteiger partial charge in [-0.05, 0) is 35.4 Å². The molecule has 2 rings (SSSR count). The van der Waals surface area contributed by atoms with Crippen LogP contribution in [0.15, 0.2) is 30.3 Å². The van der Waals surface area contributed by atoms with E-state index in [0.29, 0.717) is 6.29 Å². The third kappa shape index (κ3) is 3.41. The number of aldehydes is 1. The van der Waals surface area contributed by atoms with Crippen molar-refractivity contribution >= 4 is 17.9 Å². The van der Waals surface area contributed by atoms with Crippen LogP contribution in [0.3, 0.4) is 0 Å². The van der Waals surface area contributed by atoms with Crippen LogP contribution < -0.4 is 4.74 Å². The molecule has 0 aromatic heterocycles. The van der Waals surface area contributed by atoms with E-state index in [1.165, 1.54) is 30.3 Å². The number of carbonyl (C=O) groups is 1. The monoisotopic (exact) mass is 321 g/mol. The van der Waals surface area contributed by atoms with Gasteiger partial charge in [0.15, 0.2) is 11.6 Å². The summed E-state index contributed by atoms with van der Waals surface area (Å²) in [5.41, 5.74) is 0.553. The zero-order valence-corrected chi connectivity index (χ0v) is 12.0. The molecule has 6 heteroatoms. The number of hydrogen-bond acceptors (Lipinski definition) is 3. The minimum atomic E-state index is -0.784. The van der Waals surface area contributed by atoms with Gasteiger partial charge in [0.25, 0.3) is 0 Å². The third-order valence-electron chi connectivity index (χ3n) is 2.90. The van der Waals surface area contributed by atoms with E-state index < -0.39 is 12.5 Å². The molecule has 2 aromatic rings. The number of alkyl halides is 1. The highest BCUT2D eigenvalue weighted by Gasteiger charge is 2.15. The van der Waals surface area contributed by atoms with Crippen LogP contribution in [0.25, 0.3) is 0 Å². The summed E-state index contributed by atoms with van der Waals surface area (Å²) in [4.78, 5) is 10.5. The number of rotatable bonds is 5. The lowest BCUT2D eigenvalue weighted by Crippen LogP contribution is -1.97. The summed E-state index contributed by atoms with van der Waals surface area (Å²) >= 11 is 5.91. The Morgan fingerprint density at radius 1 is 1.32 bits per heavy atom. The lowest BCUT2D eigenvalue weighted by Gasteiger charge is -2.12. The molecule has 0 heterocycles. The van der Waals surface area contributed by atoms with Crippen LogP contribution in [0.2, 0.25) is 5.02 Å². The van der Waals surface area contributed by atoms with Gasteiger partial charge in [-0.15, -0.1) is 0 Å². The molecule has 0 aliphatic heterocycles. The van der Waals surface area contributed by atoms with E-state index in [1.54, 1.807) is 0 Å². The Morgan fingerprint density at radius 3 is 2.73 bits per heavy atom. The zero-order valence-electron chi connectivity index (χ0n) is 11.3. The Balaban J connectivity index is 2.45. The number of ether oxygens (including phenoxy) is 1. The summed E-state index contributed by atoms with van der Waals surface area (Å²) in [6.07, 6.45) is 0.445. The number of halogens is 3. The summed E-state index contributed by atoms with van der Waals surface area (Å²) in [6, 6.07) is 8.73. The molecule has 3 nitrogen and oxygen atoms in total. The SMILES string of the molecule is N#Cc1cc(CF)cc(Oc2c(Cl)ccc(CC=O)c2F)c1. The average Bonchev–Trinajstić information content (AvgIpc) is 2.53. The predicted molar refractivity (Wildman–Crippen MR) is 77.2 cm³/mol. The van der Waals surface area contributed by atoms with E-state index in [2.05, 4.69) is 0 Å². The van der Waals surface area contributed by atoms with E-state index in [9.17, 15) is 13.6 Å². The Hall–Kier alpha value is -2.45. The Kier molecular flexibility index (Phi) is 5.08. The van der Waals surface area contributed by atoms with Crippen LogP contribution in [-0.2, 0) is 17.9 Å². The Labute approximate surface area is 130 Å². The molecule has 0 aliphatic carbocycles. The van der Waals surface area contributed by atoms with Crippen molar-refractivity contribution in [2.45, 2.75) is 13.1 Å². The van der Waals surface area contributed by atoms with E-state index in [4.69, 9.17) is 21.6 Å². The van der Waals surface area contributed by atoms with Gasteiger partial charge in [0.1, 0.15) is 18.7 Å². The predicted octanol–water partition coefficient (Wildman–Crippen LogP) is 4.35. The fraction of sp³-hybridized carbons (Fsp3) is 0.125. The Bertz CT molecular complexity index is 757. The van der Waals surface area contributed by atoms with Crippen LogP contribution >= 0.6 is 11.6 Å². The second kappa shape index (κ2) is 7.01. The molecular weight excluding hydrogens is 312 g/mol. The first kappa shape index (κ1) is 15.9. The fourth-order valence-electron chi connectivity index (χ4n) is 1.89. The molecule has 0 fully saturated rings. The fourth-order valence-corrected chi connectivity index (χ4v) is 2.08. The van der Waals surface area contributed by atoms with Crippen molar-refractivity contribution < 1.29 is 18.3 Å². The molecule has 0 bridgehead atoms. The highest BCUT2D eigenvalue weighted by atomic mass is 35.5. The quantitative estimate of drug-likeness (QED) is 0.769. The van der Waals surface area contributed by atoms with Crippen LogP contribution in [0.5, 0.6) is 11.5 Å². The molecule has 2 aromatic carbocycles. The summed E-state index contributed by atoms with van der Waals surface area (Å²) < 4.78 is 32.4. The van der Waals surface area contributed by atoms with Crippen molar-refractivity contribution in [1.29, 1.82) is 5.26 Å². The van der Waals surface area contributed by atoms with Gasteiger partial charge < -0.3 is 9.53 Å². The first-order valence-electron chi connectivity index (χ1n) is 6.27.